The summed E-state index contributed by atoms with van der Waals surface area (Å²) in [5, 5.41) is 2.87. The van der Waals surface area contributed by atoms with Gasteiger partial charge in [-0.3, -0.25) is 9.74 Å². The molecule has 0 aliphatic carbocycles. The van der Waals surface area contributed by atoms with Crippen molar-refractivity contribution >= 4 is 17.6 Å². The molecule has 2 atom stereocenters. The van der Waals surface area contributed by atoms with Crippen LogP contribution in [0.25, 0.3) is 0 Å². The van der Waals surface area contributed by atoms with Crippen LogP contribution < -0.4 is 10.8 Å². The lowest BCUT2D eigenvalue weighted by molar-refractivity contribution is 0.106. The van der Waals surface area contributed by atoms with E-state index in [1.807, 2.05) is 13.1 Å². The van der Waals surface area contributed by atoms with Crippen molar-refractivity contribution in [3.8, 4) is 0 Å². The molecule has 2 rings (SSSR count). The van der Waals surface area contributed by atoms with Crippen LogP contribution in [0.15, 0.2) is 18.2 Å². The van der Waals surface area contributed by atoms with E-state index in [1.165, 1.54) is 13.2 Å². The summed E-state index contributed by atoms with van der Waals surface area (Å²) in [7, 11) is 3.37. The summed E-state index contributed by atoms with van der Waals surface area (Å²) < 4.78 is 13.7. The highest BCUT2D eigenvalue weighted by Crippen LogP contribution is 2.36. The highest BCUT2D eigenvalue weighted by atomic mass is 35.5. The average Bonchev–Trinajstić information content (AvgIpc) is 2.81. The predicted molar refractivity (Wildman–Crippen MR) is 78.4 cm³/mol. The maximum Gasteiger partial charge on any atom is 0.338 e. The van der Waals surface area contributed by atoms with Crippen LogP contribution in [0.2, 0.25) is 5.02 Å². The van der Waals surface area contributed by atoms with Crippen molar-refractivity contribution in [2.24, 2.45) is 5.92 Å². The van der Waals surface area contributed by atoms with Gasteiger partial charge in [0.05, 0.1) is 12.1 Å². The molecule has 0 saturated carbocycles. The van der Waals surface area contributed by atoms with Gasteiger partial charge < -0.3 is 5.32 Å². The average molecular weight is 316 g/mol. The lowest BCUT2D eigenvalue weighted by Gasteiger charge is -2.26. The van der Waals surface area contributed by atoms with Gasteiger partial charge in [-0.1, -0.05) is 17.7 Å². The molecule has 2 amide bonds. The quantitative estimate of drug-likeness (QED) is 0.839. The summed E-state index contributed by atoms with van der Waals surface area (Å²) in [4.78, 5) is 18.1. The first-order valence-electron chi connectivity index (χ1n) is 6.75. The number of nitrogens with zero attached hydrogens (tertiary/aromatic N) is 1. The van der Waals surface area contributed by atoms with Crippen molar-refractivity contribution in [2.45, 2.75) is 12.5 Å². The molecule has 2 N–H and O–H groups in total. The smallest absolute Gasteiger partial charge is 0.336 e. The maximum atomic E-state index is 13.7. The molecule has 1 fully saturated rings. The molecular weight excluding hydrogens is 297 g/mol. The summed E-state index contributed by atoms with van der Waals surface area (Å²) in [6, 6.07) is 4.55. The van der Waals surface area contributed by atoms with Crippen LogP contribution in [-0.4, -0.2) is 38.2 Å². The Morgan fingerprint density at radius 2 is 2.33 bits per heavy atom. The van der Waals surface area contributed by atoms with E-state index in [9.17, 15) is 9.18 Å². The fraction of sp³-hybridized carbons (Fsp3) is 0.500. The molecule has 0 unspecified atom stereocenters. The minimum atomic E-state index is -0.418. The van der Waals surface area contributed by atoms with E-state index in [0.717, 1.165) is 18.5 Å². The zero-order chi connectivity index (χ0) is 15.4. The Bertz CT molecular complexity index is 515. The van der Waals surface area contributed by atoms with E-state index >= 15 is 0 Å². The second-order valence-electron chi connectivity index (χ2n) is 5.16. The number of benzene rings is 1. The van der Waals surface area contributed by atoms with Crippen LogP contribution in [0.5, 0.6) is 0 Å². The molecule has 1 aromatic rings. The van der Waals surface area contributed by atoms with Gasteiger partial charge in [0.15, 0.2) is 0 Å². The van der Waals surface area contributed by atoms with E-state index in [2.05, 4.69) is 20.5 Å². The van der Waals surface area contributed by atoms with E-state index < -0.39 is 5.82 Å². The van der Waals surface area contributed by atoms with Crippen molar-refractivity contribution in [1.29, 1.82) is 0 Å². The number of hydroxylamine groups is 1. The van der Waals surface area contributed by atoms with Crippen LogP contribution in [0.4, 0.5) is 9.18 Å². The molecule has 1 aromatic carbocycles. The molecule has 21 heavy (non-hydrogen) atoms. The van der Waals surface area contributed by atoms with Gasteiger partial charge in [-0.25, -0.2) is 14.7 Å². The summed E-state index contributed by atoms with van der Waals surface area (Å²) >= 11 is 5.73. The minimum absolute atomic E-state index is 0.0552. The van der Waals surface area contributed by atoms with Crippen LogP contribution in [-0.2, 0) is 4.84 Å². The van der Waals surface area contributed by atoms with Gasteiger partial charge in [-0.2, -0.15) is 0 Å². The summed E-state index contributed by atoms with van der Waals surface area (Å²) in [5.74, 6) is -0.212. The standard InChI is InChI=1S/C14H19ClFN3O2/c1-19-6-5-10(8-17-14(20)18-21-2)13(19)9-3-4-11(15)12(16)7-9/h3-4,7,10,13H,5-6,8H2,1-2H3,(H2,17,18,20)/t10-,13-/m1/s1. The molecule has 1 heterocycles. The number of hydrogen-bond donors (Lipinski definition) is 2. The number of halogens is 2. The molecule has 7 heteroatoms. The van der Waals surface area contributed by atoms with E-state index in [0.29, 0.717) is 6.54 Å². The number of nitrogens with one attached hydrogen (secondary N) is 2. The second-order valence-corrected chi connectivity index (χ2v) is 5.57. The second kappa shape index (κ2) is 7.06. The molecule has 0 aromatic heterocycles. The first-order valence-corrected chi connectivity index (χ1v) is 7.12. The SMILES string of the molecule is CONC(=O)NC[C@H]1CCN(C)[C@@H]1c1ccc(Cl)c(F)c1. The zero-order valence-electron chi connectivity index (χ0n) is 12.0. The molecule has 1 aliphatic heterocycles. The number of carbonyl (C=O) groups is 1. The zero-order valence-corrected chi connectivity index (χ0v) is 12.8. The number of amides is 2. The molecule has 0 radical (unpaired) electrons. The number of urea groups is 1. The van der Waals surface area contributed by atoms with Crippen molar-refractivity contribution in [3.05, 3.63) is 34.6 Å². The third-order valence-corrected chi connectivity index (χ3v) is 4.09. The Kier molecular flexibility index (Phi) is 5.39. The van der Waals surface area contributed by atoms with Crippen LogP contribution in [0.1, 0.15) is 18.0 Å². The normalized spacial score (nSPS) is 22.3. The Hall–Kier alpha value is -1.37. The highest BCUT2D eigenvalue weighted by Gasteiger charge is 2.33. The van der Waals surface area contributed by atoms with E-state index in [4.69, 9.17) is 11.6 Å². The van der Waals surface area contributed by atoms with Gasteiger partial charge in [0, 0.05) is 12.6 Å². The van der Waals surface area contributed by atoms with Crippen molar-refractivity contribution < 1.29 is 14.0 Å². The third-order valence-electron chi connectivity index (χ3n) is 3.78. The van der Waals surface area contributed by atoms with Crippen molar-refractivity contribution in [3.63, 3.8) is 0 Å². The lowest BCUT2D eigenvalue weighted by atomic mass is 9.93. The van der Waals surface area contributed by atoms with Crippen LogP contribution in [0, 0.1) is 11.7 Å². The monoisotopic (exact) mass is 315 g/mol. The Labute approximate surface area is 128 Å². The van der Waals surface area contributed by atoms with Gasteiger partial charge in [-0.05, 0) is 43.6 Å². The summed E-state index contributed by atoms with van der Waals surface area (Å²) in [6.07, 6.45) is 0.929. The Balaban J connectivity index is 2.07. The number of carbonyl (C=O) groups excluding carboxylic acids is 1. The van der Waals surface area contributed by atoms with Crippen molar-refractivity contribution in [1.82, 2.24) is 15.7 Å². The molecule has 0 bridgehead atoms. The van der Waals surface area contributed by atoms with Crippen LogP contribution in [0.3, 0.4) is 0 Å². The first-order chi connectivity index (χ1) is 10.0. The Morgan fingerprint density at radius 1 is 1.57 bits per heavy atom. The minimum Gasteiger partial charge on any atom is -0.336 e. The predicted octanol–water partition coefficient (Wildman–Crippen LogP) is 2.33. The molecular formula is C14H19ClFN3O2. The van der Waals surface area contributed by atoms with E-state index in [1.54, 1.807) is 6.07 Å². The fourth-order valence-electron chi connectivity index (χ4n) is 2.82. The van der Waals surface area contributed by atoms with Gasteiger partial charge >= 0.3 is 6.03 Å². The van der Waals surface area contributed by atoms with Crippen molar-refractivity contribution in [2.75, 3.05) is 27.2 Å². The highest BCUT2D eigenvalue weighted by molar-refractivity contribution is 6.30. The molecule has 5 nitrogen and oxygen atoms in total. The fourth-order valence-corrected chi connectivity index (χ4v) is 2.93. The lowest BCUT2D eigenvalue weighted by Crippen LogP contribution is -2.38. The maximum absolute atomic E-state index is 13.7. The number of rotatable bonds is 4. The third kappa shape index (κ3) is 3.84. The van der Waals surface area contributed by atoms with Gasteiger partial charge in [-0.15, -0.1) is 0 Å². The van der Waals surface area contributed by atoms with Crippen LogP contribution >= 0.6 is 11.6 Å². The number of hydrogen-bond acceptors (Lipinski definition) is 3. The first kappa shape index (κ1) is 16.0. The van der Waals surface area contributed by atoms with Gasteiger partial charge in [0.25, 0.3) is 0 Å². The van der Waals surface area contributed by atoms with Gasteiger partial charge in [0.1, 0.15) is 5.82 Å². The van der Waals surface area contributed by atoms with E-state index in [-0.39, 0.29) is 23.0 Å². The summed E-state index contributed by atoms with van der Waals surface area (Å²) in [5.41, 5.74) is 3.08. The molecule has 1 aliphatic rings. The van der Waals surface area contributed by atoms with Gasteiger partial charge in [0.2, 0.25) is 0 Å². The number of likely N-dealkylation sites (tertiary alicyclic amines) is 1. The molecule has 0 spiro atoms. The topological polar surface area (TPSA) is 53.6 Å². The summed E-state index contributed by atoms with van der Waals surface area (Å²) in [6.45, 7) is 1.39. The molecule has 116 valence electrons. The Morgan fingerprint density at radius 3 is 3.00 bits per heavy atom. The largest absolute Gasteiger partial charge is 0.338 e. The molecule has 1 saturated heterocycles.